The van der Waals surface area contributed by atoms with Gasteiger partial charge in [-0.25, -0.2) is 19.3 Å². The summed E-state index contributed by atoms with van der Waals surface area (Å²) in [5.41, 5.74) is 11.7. The Morgan fingerprint density at radius 3 is 2.22 bits per heavy atom. The van der Waals surface area contributed by atoms with Gasteiger partial charge in [0.2, 0.25) is 0 Å². The molecule has 0 radical (unpaired) electrons. The second-order valence-corrected chi connectivity index (χ2v) is 14.7. The van der Waals surface area contributed by atoms with Gasteiger partial charge in [-0.15, -0.1) is 0 Å². The third kappa shape index (κ3) is 10.4. The van der Waals surface area contributed by atoms with Gasteiger partial charge in [-0.2, -0.15) is 4.57 Å². The first kappa shape index (κ1) is 44.0. The molecule has 0 bridgehead atoms. The van der Waals surface area contributed by atoms with Gasteiger partial charge in [-0.05, 0) is 6.07 Å². The van der Waals surface area contributed by atoms with E-state index in [1.165, 1.54) is 23.0 Å². The van der Waals surface area contributed by atoms with E-state index in [2.05, 4.69) is 32.8 Å². The van der Waals surface area contributed by atoms with E-state index in [1.807, 2.05) is 0 Å². The molecule has 2 aliphatic rings. The average Bonchev–Trinajstić information content (AvgIpc) is 3.64. The number of imidazole rings is 1. The first-order valence-corrected chi connectivity index (χ1v) is 18.1. The summed E-state index contributed by atoms with van der Waals surface area (Å²) in [7, 11) is -17.1. The van der Waals surface area contributed by atoms with Gasteiger partial charge < -0.3 is 69.4 Å². The van der Waals surface area contributed by atoms with Crippen LogP contribution in [-0.4, -0.2) is 94.6 Å². The van der Waals surface area contributed by atoms with E-state index < -0.39 is 85.8 Å². The first-order valence-electron chi connectivity index (χ1n) is 13.3. The molecule has 29 heteroatoms. The number of hydrogen-bond acceptors (Lipinski definition) is 20. The van der Waals surface area contributed by atoms with Crippen molar-refractivity contribution in [3.63, 3.8) is 0 Å². The molecule has 50 heavy (non-hydrogen) atoms. The van der Waals surface area contributed by atoms with Crippen molar-refractivity contribution in [1.82, 2.24) is 19.5 Å². The van der Waals surface area contributed by atoms with Crippen molar-refractivity contribution in [2.75, 3.05) is 18.9 Å². The number of aromatic nitrogens is 5. The number of ether oxygens (including phenoxy) is 2. The number of nitrogens with zero attached hydrogens (tertiary/aromatic N) is 5. The minimum absolute atomic E-state index is 0. The first-order chi connectivity index (χ1) is 22.4. The monoisotopic (exact) mass is 803 g/mol. The van der Waals surface area contributed by atoms with Gasteiger partial charge in [0, 0.05) is 6.07 Å². The van der Waals surface area contributed by atoms with Crippen LogP contribution in [0.1, 0.15) is 18.0 Å². The number of aliphatic hydroxyl groups excluding tert-OH is 3. The fourth-order valence-corrected chi connectivity index (χ4v) is 7.49. The Kier molecular flexibility index (Phi) is 15.3. The van der Waals surface area contributed by atoms with E-state index in [9.17, 15) is 48.6 Å². The van der Waals surface area contributed by atoms with E-state index in [-0.39, 0.29) is 81.1 Å². The predicted molar refractivity (Wildman–Crippen MR) is 151 cm³/mol. The fourth-order valence-electron chi connectivity index (χ4n) is 4.81. The molecule has 0 amide bonds. The van der Waals surface area contributed by atoms with Crippen LogP contribution in [0.3, 0.4) is 0 Å². The molecule has 0 spiro atoms. The van der Waals surface area contributed by atoms with Gasteiger partial charge in [-0.1, -0.05) is 12.2 Å². The number of hydrogen-bond donors (Lipinski definition) is 6. The molecule has 0 aliphatic carbocycles. The second-order valence-electron chi connectivity index (χ2n) is 10.2. The van der Waals surface area contributed by atoms with Crippen molar-refractivity contribution in [2.24, 2.45) is 5.73 Å². The largest absolute Gasteiger partial charge is 1.00 e. The Hall–Kier alpha value is -0.440. The van der Waals surface area contributed by atoms with Gasteiger partial charge in [0.05, 0.1) is 25.1 Å². The van der Waals surface area contributed by atoms with Gasteiger partial charge in [0.1, 0.15) is 47.4 Å². The summed E-state index contributed by atoms with van der Waals surface area (Å²) in [4.78, 5) is 57.3. The van der Waals surface area contributed by atoms with Crippen molar-refractivity contribution in [1.29, 1.82) is 0 Å². The maximum Gasteiger partial charge on any atom is 1.00 e. The SMILES string of the molecule is NC(=S)c1ccc[n+]([C@@H]2O[C@H](COP(=O)([O-])OP(=O)([O-])OC[C@H]3O[C@@H](n4cnc5c(N)ncnc54)[C@H](OP(=O)([O-])O)[C@@H]3O)[C@@H](O)[C@H]2O)c1.[Na+].[Na+]. The van der Waals surface area contributed by atoms with Crippen molar-refractivity contribution in [3.05, 3.63) is 42.7 Å². The van der Waals surface area contributed by atoms with Crippen molar-refractivity contribution in [3.8, 4) is 0 Å². The van der Waals surface area contributed by atoms with Crippen LogP contribution in [0.4, 0.5) is 5.82 Å². The summed E-state index contributed by atoms with van der Waals surface area (Å²) in [5.74, 6) is -0.0775. The van der Waals surface area contributed by atoms with Crippen LogP contribution in [0.25, 0.3) is 11.2 Å². The number of nitrogen functional groups attached to an aromatic ring is 1. The Morgan fingerprint density at radius 2 is 1.62 bits per heavy atom. The zero-order chi connectivity index (χ0) is 35.2. The summed E-state index contributed by atoms with van der Waals surface area (Å²) in [6, 6.07) is 3.10. The summed E-state index contributed by atoms with van der Waals surface area (Å²) < 4.78 is 67.4. The molecular weight excluding hydrogens is 777 g/mol. The number of phosphoric ester groups is 3. The number of fused-ring (bicyclic) bond motifs is 1. The topological polar surface area (TPSA) is 356 Å². The van der Waals surface area contributed by atoms with Gasteiger partial charge in [-0.3, -0.25) is 18.3 Å². The maximum atomic E-state index is 12.4. The van der Waals surface area contributed by atoms with E-state index in [0.717, 1.165) is 17.2 Å². The maximum absolute atomic E-state index is 12.4. The standard InChI is InChI=1S/C21H28N7O16P3S.2Na/c22-17-12-19(25-7-24-17)28(8-26-12)21-16(43-45(32,33)34)14(30)11(42-21)6-40-47(37,38)44-46(35,36)39-5-10-13(29)15(31)20(41-10)27-3-1-2-9(4-27)18(23)48;;/h1-4,7-8,10-11,13-16,20-21,29-31H,5-6H2,(H7-,22,23,24,25,32,33,34,35,36,37,38,48);;/q;2*+1/p-2/t10-,11-,13-,14-,15-,16-,20-,21-;;/m1../s1. The number of phosphoric acid groups is 3. The molecule has 23 nitrogen and oxygen atoms in total. The number of rotatable bonds is 13. The normalized spacial score (nSPS) is 30.1. The Labute approximate surface area is 330 Å². The zero-order valence-corrected chi connectivity index (χ0v) is 33.3. The molecule has 3 unspecified atom stereocenters. The molecular formula is C21H26N7Na2O16P3S. The third-order valence-electron chi connectivity index (χ3n) is 6.96. The fraction of sp³-hybridized carbons (Fsp3) is 0.476. The second kappa shape index (κ2) is 17.4. The van der Waals surface area contributed by atoms with Crippen LogP contribution in [-0.2, 0) is 41.1 Å². The molecule has 3 aromatic heterocycles. The Morgan fingerprint density at radius 1 is 1.00 bits per heavy atom. The molecule has 0 saturated carbocycles. The Bertz CT molecular complexity index is 1830. The number of nitrogens with two attached hydrogens (primary N) is 2. The minimum Gasteiger partial charge on any atom is -0.756 e. The van der Waals surface area contributed by atoms with Gasteiger partial charge >= 0.3 is 59.1 Å². The van der Waals surface area contributed by atoms with E-state index >= 15 is 0 Å². The van der Waals surface area contributed by atoms with Crippen molar-refractivity contribution in [2.45, 2.75) is 49.1 Å². The molecule has 2 saturated heterocycles. The Balaban J connectivity index is 0.00000338. The van der Waals surface area contributed by atoms with Crippen molar-refractivity contribution < 1.29 is 140 Å². The van der Waals surface area contributed by atoms with Crippen LogP contribution in [0.5, 0.6) is 0 Å². The molecule has 3 aromatic rings. The predicted octanol–water partition coefficient (Wildman–Crippen LogP) is -10.3. The number of anilines is 1. The summed E-state index contributed by atoms with van der Waals surface area (Å²) in [6.45, 7) is -2.18. The molecule has 264 valence electrons. The molecule has 2 fully saturated rings. The molecule has 5 heterocycles. The van der Waals surface area contributed by atoms with Crippen LogP contribution < -0.4 is 89.8 Å². The van der Waals surface area contributed by atoms with E-state index in [0.29, 0.717) is 5.56 Å². The molecule has 2 aliphatic heterocycles. The van der Waals surface area contributed by atoms with Gasteiger partial charge in [0.25, 0.3) is 29.7 Å². The summed E-state index contributed by atoms with van der Waals surface area (Å²) in [5, 5.41) is 31.5. The molecule has 5 rings (SSSR count). The molecule has 0 aromatic carbocycles. The van der Waals surface area contributed by atoms with Crippen LogP contribution in [0.15, 0.2) is 37.2 Å². The van der Waals surface area contributed by atoms with Crippen LogP contribution >= 0.6 is 35.7 Å². The van der Waals surface area contributed by atoms with E-state index in [4.69, 9.17) is 33.2 Å². The molecule has 11 atom stereocenters. The summed E-state index contributed by atoms with van der Waals surface area (Å²) in [6.07, 6.45) is -8.40. The number of thiocarbonyl (C=S) groups is 1. The number of aliphatic hydroxyl groups is 3. The number of pyridine rings is 1. The zero-order valence-electron chi connectivity index (χ0n) is 25.8. The molecule has 8 N–H and O–H groups in total. The van der Waals surface area contributed by atoms with Crippen LogP contribution in [0.2, 0.25) is 0 Å². The van der Waals surface area contributed by atoms with Crippen LogP contribution in [0, 0.1) is 0 Å². The van der Waals surface area contributed by atoms with Crippen molar-refractivity contribution >= 4 is 57.7 Å². The minimum atomic E-state index is -5.83. The third-order valence-corrected chi connectivity index (χ3v) is 10.2. The smallest absolute Gasteiger partial charge is 0.756 e. The van der Waals surface area contributed by atoms with E-state index in [1.54, 1.807) is 6.07 Å². The quantitative estimate of drug-likeness (QED) is 0.0404. The summed E-state index contributed by atoms with van der Waals surface area (Å²) >= 11 is 4.91. The average molecular weight is 803 g/mol. The van der Waals surface area contributed by atoms with Gasteiger partial charge in [0.15, 0.2) is 36.2 Å².